The molecule has 0 aromatic rings. The summed E-state index contributed by atoms with van der Waals surface area (Å²) in [6.07, 6.45) is 3.29. The summed E-state index contributed by atoms with van der Waals surface area (Å²) in [6.45, 7) is 3.77. The van der Waals surface area contributed by atoms with Crippen molar-refractivity contribution in [3.63, 3.8) is 0 Å². The molecule has 0 saturated carbocycles. The molecule has 0 spiro atoms. The number of hydrogen-bond acceptors (Lipinski definition) is 2. The van der Waals surface area contributed by atoms with E-state index in [0.717, 1.165) is 32.5 Å². The molecular weight excluding hydrogens is 114 g/mol. The van der Waals surface area contributed by atoms with Crippen LogP contribution in [-0.2, 0) is 4.74 Å². The van der Waals surface area contributed by atoms with Gasteiger partial charge in [-0.1, -0.05) is 6.92 Å². The summed E-state index contributed by atoms with van der Waals surface area (Å²) in [5, 5.41) is 0. The fourth-order valence-corrected chi connectivity index (χ4v) is 1.15. The third-order valence-electron chi connectivity index (χ3n) is 2.06. The number of ether oxygens (including phenoxy) is 1. The predicted octanol–water partition coefficient (Wildman–Crippen LogP) is 0.904. The minimum atomic E-state index is -0.00174. The van der Waals surface area contributed by atoms with E-state index in [1.807, 2.05) is 0 Å². The zero-order valence-electron chi connectivity index (χ0n) is 6.02. The van der Waals surface area contributed by atoms with Crippen LogP contribution in [0.1, 0.15) is 26.2 Å². The Morgan fingerprint density at radius 2 is 2.44 bits per heavy atom. The van der Waals surface area contributed by atoms with Crippen LogP contribution in [0.15, 0.2) is 0 Å². The van der Waals surface area contributed by atoms with Gasteiger partial charge in [0.2, 0.25) is 0 Å². The molecule has 0 radical (unpaired) electrons. The molecule has 1 unspecified atom stereocenters. The second-order valence-corrected chi connectivity index (χ2v) is 2.87. The molecule has 0 amide bonds. The second kappa shape index (κ2) is 2.67. The van der Waals surface area contributed by atoms with Gasteiger partial charge in [0.05, 0.1) is 6.61 Å². The van der Waals surface area contributed by atoms with Crippen LogP contribution < -0.4 is 5.73 Å². The summed E-state index contributed by atoms with van der Waals surface area (Å²) in [5.41, 5.74) is 5.93. The number of rotatable bonds is 1. The van der Waals surface area contributed by atoms with E-state index in [1.165, 1.54) is 0 Å². The maximum Gasteiger partial charge on any atom is 0.0646 e. The Bertz CT molecular complexity index is 86.9. The van der Waals surface area contributed by atoms with Gasteiger partial charge < -0.3 is 10.5 Å². The molecule has 9 heavy (non-hydrogen) atoms. The van der Waals surface area contributed by atoms with Crippen molar-refractivity contribution in [2.45, 2.75) is 31.7 Å². The van der Waals surface area contributed by atoms with E-state index >= 15 is 0 Å². The first kappa shape index (κ1) is 7.03. The third kappa shape index (κ3) is 1.66. The summed E-state index contributed by atoms with van der Waals surface area (Å²) in [4.78, 5) is 0. The van der Waals surface area contributed by atoms with Crippen LogP contribution >= 0.6 is 0 Å². The van der Waals surface area contributed by atoms with Crippen molar-refractivity contribution < 1.29 is 4.74 Å². The molecule has 54 valence electrons. The summed E-state index contributed by atoms with van der Waals surface area (Å²) in [6, 6.07) is 0. The standard InChI is InChI=1S/C7H15NO/c1-2-7(8)4-3-5-9-6-7/h2-6,8H2,1H3. The average molecular weight is 129 g/mol. The van der Waals surface area contributed by atoms with Gasteiger partial charge in [-0.05, 0) is 19.3 Å². The molecule has 1 rings (SSSR count). The lowest BCUT2D eigenvalue weighted by atomic mass is 9.91. The predicted molar refractivity (Wildman–Crippen MR) is 37.3 cm³/mol. The van der Waals surface area contributed by atoms with E-state index < -0.39 is 0 Å². The van der Waals surface area contributed by atoms with Gasteiger partial charge in [0, 0.05) is 12.1 Å². The lowest BCUT2D eigenvalue weighted by molar-refractivity contribution is 0.0365. The molecule has 1 aliphatic heterocycles. The Hall–Kier alpha value is -0.0800. The molecule has 1 saturated heterocycles. The van der Waals surface area contributed by atoms with Crippen molar-refractivity contribution in [1.82, 2.24) is 0 Å². The molecule has 1 aliphatic rings. The third-order valence-corrected chi connectivity index (χ3v) is 2.06. The Balaban J connectivity index is 2.37. The fraction of sp³-hybridized carbons (Fsp3) is 1.00. The van der Waals surface area contributed by atoms with Crippen LogP contribution in [-0.4, -0.2) is 18.8 Å². The minimum absolute atomic E-state index is 0.00174. The van der Waals surface area contributed by atoms with Gasteiger partial charge in [-0.2, -0.15) is 0 Å². The fourth-order valence-electron chi connectivity index (χ4n) is 1.15. The maximum atomic E-state index is 5.93. The zero-order chi connectivity index (χ0) is 6.74. The Kier molecular flexibility index (Phi) is 2.09. The van der Waals surface area contributed by atoms with E-state index in [0.29, 0.717) is 0 Å². The average Bonchev–Trinajstić information content (AvgIpc) is 1.90. The quantitative estimate of drug-likeness (QED) is 0.571. The highest BCUT2D eigenvalue weighted by atomic mass is 16.5. The van der Waals surface area contributed by atoms with Crippen molar-refractivity contribution in [3.05, 3.63) is 0 Å². The van der Waals surface area contributed by atoms with Crippen molar-refractivity contribution >= 4 is 0 Å². The highest BCUT2D eigenvalue weighted by molar-refractivity contribution is 4.84. The Morgan fingerprint density at radius 1 is 1.67 bits per heavy atom. The first-order valence-corrected chi connectivity index (χ1v) is 3.63. The largest absolute Gasteiger partial charge is 0.380 e. The van der Waals surface area contributed by atoms with Crippen LogP contribution in [0.4, 0.5) is 0 Å². The van der Waals surface area contributed by atoms with Gasteiger partial charge >= 0.3 is 0 Å². The molecular formula is C7H15NO. The first-order chi connectivity index (χ1) is 4.27. The number of hydrogen-bond donors (Lipinski definition) is 1. The Labute approximate surface area is 56.4 Å². The molecule has 0 bridgehead atoms. The van der Waals surface area contributed by atoms with Gasteiger partial charge in [0.1, 0.15) is 0 Å². The van der Waals surface area contributed by atoms with Crippen molar-refractivity contribution in [2.75, 3.05) is 13.2 Å². The summed E-state index contributed by atoms with van der Waals surface area (Å²) in [7, 11) is 0. The summed E-state index contributed by atoms with van der Waals surface area (Å²) < 4.78 is 5.25. The highest BCUT2D eigenvalue weighted by Gasteiger charge is 2.25. The van der Waals surface area contributed by atoms with Crippen LogP contribution in [0, 0.1) is 0 Å². The molecule has 2 N–H and O–H groups in total. The van der Waals surface area contributed by atoms with Gasteiger partial charge in [0.25, 0.3) is 0 Å². The van der Waals surface area contributed by atoms with E-state index in [2.05, 4.69) is 6.92 Å². The molecule has 2 nitrogen and oxygen atoms in total. The van der Waals surface area contributed by atoms with Crippen LogP contribution in [0.25, 0.3) is 0 Å². The van der Waals surface area contributed by atoms with E-state index in [9.17, 15) is 0 Å². The molecule has 0 aromatic carbocycles. The van der Waals surface area contributed by atoms with Crippen LogP contribution in [0.2, 0.25) is 0 Å². The summed E-state index contributed by atoms with van der Waals surface area (Å²) in [5.74, 6) is 0. The zero-order valence-corrected chi connectivity index (χ0v) is 6.02. The Morgan fingerprint density at radius 3 is 2.78 bits per heavy atom. The van der Waals surface area contributed by atoms with E-state index in [-0.39, 0.29) is 5.54 Å². The normalized spacial score (nSPS) is 36.7. The number of nitrogens with two attached hydrogens (primary N) is 1. The maximum absolute atomic E-state index is 5.93. The molecule has 1 heterocycles. The monoisotopic (exact) mass is 129 g/mol. The second-order valence-electron chi connectivity index (χ2n) is 2.87. The molecule has 1 fully saturated rings. The van der Waals surface area contributed by atoms with Crippen molar-refractivity contribution in [2.24, 2.45) is 5.73 Å². The van der Waals surface area contributed by atoms with Gasteiger partial charge in [-0.15, -0.1) is 0 Å². The molecule has 0 aliphatic carbocycles. The van der Waals surface area contributed by atoms with Crippen molar-refractivity contribution in [1.29, 1.82) is 0 Å². The highest BCUT2D eigenvalue weighted by Crippen LogP contribution is 2.18. The minimum Gasteiger partial charge on any atom is -0.380 e. The van der Waals surface area contributed by atoms with Gasteiger partial charge in [-0.3, -0.25) is 0 Å². The van der Waals surface area contributed by atoms with E-state index in [4.69, 9.17) is 10.5 Å². The SMILES string of the molecule is CCC1(N)CCCOC1. The van der Waals surface area contributed by atoms with Crippen molar-refractivity contribution in [3.8, 4) is 0 Å². The van der Waals surface area contributed by atoms with E-state index in [1.54, 1.807) is 0 Å². The smallest absolute Gasteiger partial charge is 0.0646 e. The van der Waals surface area contributed by atoms with Crippen LogP contribution in [0.5, 0.6) is 0 Å². The molecule has 0 aromatic heterocycles. The van der Waals surface area contributed by atoms with Crippen LogP contribution in [0.3, 0.4) is 0 Å². The lowest BCUT2D eigenvalue weighted by Gasteiger charge is -2.31. The topological polar surface area (TPSA) is 35.2 Å². The molecule has 2 heteroatoms. The van der Waals surface area contributed by atoms with Gasteiger partial charge in [0.15, 0.2) is 0 Å². The first-order valence-electron chi connectivity index (χ1n) is 3.63. The van der Waals surface area contributed by atoms with Gasteiger partial charge in [-0.25, -0.2) is 0 Å². The molecule has 1 atom stereocenters. The summed E-state index contributed by atoms with van der Waals surface area (Å²) >= 11 is 0. The lowest BCUT2D eigenvalue weighted by Crippen LogP contribution is -2.46.